The molecule has 1 fully saturated rings. The van der Waals surface area contributed by atoms with Crippen molar-refractivity contribution in [3.63, 3.8) is 0 Å². The zero-order valence-electron chi connectivity index (χ0n) is 15.8. The van der Waals surface area contributed by atoms with E-state index in [2.05, 4.69) is 15.3 Å². The summed E-state index contributed by atoms with van der Waals surface area (Å²) in [6, 6.07) is 4.20. The summed E-state index contributed by atoms with van der Waals surface area (Å²) in [5.41, 5.74) is 1.04. The van der Waals surface area contributed by atoms with Crippen molar-refractivity contribution in [2.24, 2.45) is 0 Å². The fraction of sp³-hybridized carbons (Fsp3) is 0.421. The number of amides is 2. The van der Waals surface area contributed by atoms with Crippen molar-refractivity contribution in [2.45, 2.75) is 38.6 Å². The molecule has 1 aliphatic carbocycles. The molecule has 2 heterocycles. The van der Waals surface area contributed by atoms with E-state index in [0.717, 1.165) is 25.7 Å². The van der Waals surface area contributed by atoms with Gasteiger partial charge in [0.25, 0.3) is 0 Å². The second-order valence-electron chi connectivity index (χ2n) is 6.99. The fourth-order valence-electron chi connectivity index (χ4n) is 3.83. The van der Waals surface area contributed by atoms with Gasteiger partial charge in [0.1, 0.15) is 11.5 Å². The zero-order chi connectivity index (χ0) is 19.8. The lowest BCUT2D eigenvalue weighted by atomic mass is 10.2. The highest BCUT2D eigenvalue weighted by atomic mass is 35.5. The van der Waals surface area contributed by atoms with Gasteiger partial charge < -0.3 is 5.32 Å². The smallest absolute Gasteiger partial charge is 0.323 e. The maximum absolute atomic E-state index is 13.6. The number of carbonyl (C=O) groups is 1. The maximum Gasteiger partial charge on any atom is 0.343 e. The molecule has 7 nitrogen and oxygen atoms in total. The number of nitrogens with zero attached hydrogens (tertiary/aromatic N) is 5. The minimum atomic E-state index is -0.403. The molecule has 2 aromatic rings. The van der Waals surface area contributed by atoms with Crippen LogP contribution in [0.15, 0.2) is 24.4 Å². The molecule has 1 aromatic heterocycles. The van der Waals surface area contributed by atoms with Gasteiger partial charge in [0.15, 0.2) is 5.82 Å². The molecule has 0 radical (unpaired) electrons. The largest absolute Gasteiger partial charge is 0.343 e. The second-order valence-corrected chi connectivity index (χ2v) is 7.40. The first-order chi connectivity index (χ1) is 13.5. The van der Waals surface area contributed by atoms with Gasteiger partial charge >= 0.3 is 6.03 Å². The molecule has 9 heteroatoms. The van der Waals surface area contributed by atoms with Gasteiger partial charge in [0.2, 0.25) is 5.95 Å². The quantitative estimate of drug-likeness (QED) is 0.808. The van der Waals surface area contributed by atoms with E-state index in [1.165, 1.54) is 18.2 Å². The second kappa shape index (κ2) is 7.43. The van der Waals surface area contributed by atoms with Crippen LogP contribution in [0.3, 0.4) is 0 Å². The van der Waals surface area contributed by atoms with E-state index in [0.29, 0.717) is 34.7 Å². The number of hydrogen-bond acceptors (Lipinski definition) is 5. The number of anilines is 4. The van der Waals surface area contributed by atoms with Crippen LogP contribution in [-0.4, -0.2) is 40.6 Å². The average molecular weight is 405 g/mol. The number of urea groups is 1. The highest BCUT2D eigenvalue weighted by Gasteiger charge is 2.39. The van der Waals surface area contributed by atoms with E-state index in [-0.39, 0.29) is 12.1 Å². The topological polar surface area (TPSA) is 64.6 Å². The van der Waals surface area contributed by atoms with Crippen LogP contribution in [0.5, 0.6) is 0 Å². The molecule has 4 rings (SSSR count). The van der Waals surface area contributed by atoms with Crippen molar-refractivity contribution in [3.8, 4) is 0 Å². The van der Waals surface area contributed by atoms with E-state index in [1.54, 1.807) is 23.2 Å². The number of halogens is 2. The van der Waals surface area contributed by atoms with Crippen LogP contribution in [0.1, 0.15) is 32.6 Å². The van der Waals surface area contributed by atoms with Gasteiger partial charge in [-0.3, -0.25) is 9.91 Å². The summed E-state index contributed by atoms with van der Waals surface area (Å²) in [5, 5.41) is 7.09. The SMILES string of the molecule is CCN1C(=O)N(C)c2cnc(Nc3cc(F)ccc3Cl)nc2N1C1CCCC1. The van der Waals surface area contributed by atoms with E-state index < -0.39 is 5.82 Å². The molecule has 0 atom stereocenters. The monoisotopic (exact) mass is 404 g/mol. The first-order valence-electron chi connectivity index (χ1n) is 9.43. The first kappa shape index (κ1) is 18.7. The lowest BCUT2D eigenvalue weighted by Gasteiger charge is -2.45. The lowest BCUT2D eigenvalue weighted by Crippen LogP contribution is -2.59. The summed E-state index contributed by atoms with van der Waals surface area (Å²) in [6.07, 6.45) is 5.90. The van der Waals surface area contributed by atoms with E-state index in [9.17, 15) is 9.18 Å². The van der Waals surface area contributed by atoms with Crippen LogP contribution in [-0.2, 0) is 0 Å². The summed E-state index contributed by atoms with van der Waals surface area (Å²) in [6.45, 7) is 2.49. The van der Waals surface area contributed by atoms with Gasteiger partial charge in [-0.2, -0.15) is 4.98 Å². The Bertz CT molecular complexity index is 904. The molecule has 2 amide bonds. The molecule has 28 heavy (non-hydrogen) atoms. The van der Waals surface area contributed by atoms with Crippen LogP contribution in [0.25, 0.3) is 0 Å². The van der Waals surface area contributed by atoms with Gasteiger partial charge in [-0.25, -0.2) is 19.2 Å². The Hall–Kier alpha value is -2.61. The van der Waals surface area contributed by atoms with Gasteiger partial charge in [-0.15, -0.1) is 0 Å². The van der Waals surface area contributed by atoms with Gasteiger partial charge in [-0.1, -0.05) is 24.4 Å². The number of benzene rings is 1. The molecule has 0 spiro atoms. The van der Waals surface area contributed by atoms with Gasteiger partial charge in [0, 0.05) is 13.6 Å². The number of rotatable bonds is 4. The van der Waals surface area contributed by atoms with Crippen LogP contribution >= 0.6 is 11.6 Å². The molecule has 1 aromatic carbocycles. The highest BCUT2D eigenvalue weighted by Crippen LogP contribution is 2.39. The van der Waals surface area contributed by atoms with Crippen LogP contribution < -0.4 is 15.2 Å². The minimum absolute atomic E-state index is 0.0978. The molecule has 0 unspecified atom stereocenters. The Labute approximate surface area is 168 Å². The summed E-state index contributed by atoms with van der Waals surface area (Å²) in [7, 11) is 1.72. The van der Waals surface area contributed by atoms with Gasteiger partial charge in [0.05, 0.1) is 22.9 Å². The molecular weight excluding hydrogens is 383 g/mol. The third kappa shape index (κ3) is 3.22. The zero-order valence-corrected chi connectivity index (χ0v) is 16.6. The molecule has 1 N–H and O–H groups in total. The van der Waals surface area contributed by atoms with E-state index >= 15 is 0 Å². The van der Waals surface area contributed by atoms with Crippen molar-refractivity contribution in [2.75, 3.05) is 28.8 Å². The number of carbonyl (C=O) groups excluding carboxylic acids is 1. The van der Waals surface area contributed by atoms with E-state index in [4.69, 9.17) is 11.6 Å². The van der Waals surface area contributed by atoms with Crippen molar-refractivity contribution >= 4 is 40.8 Å². The van der Waals surface area contributed by atoms with Crippen molar-refractivity contribution in [3.05, 3.63) is 35.2 Å². The maximum atomic E-state index is 13.6. The number of fused-ring (bicyclic) bond motifs is 1. The Balaban J connectivity index is 1.75. The molecular formula is C19H22ClFN6O. The molecule has 1 aliphatic heterocycles. The number of nitrogens with one attached hydrogen (secondary N) is 1. The number of aromatic nitrogens is 2. The first-order valence-corrected chi connectivity index (χ1v) is 9.81. The third-order valence-corrected chi connectivity index (χ3v) is 5.57. The Kier molecular flexibility index (Phi) is 4.97. The van der Waals surface area contributed by atoms with Crippen molar-refractivity contribution in [1.29, 1.82) is 0 Å². The Morgan fingerprint density at radius 1 is 1.32 bits per heavy atom. The fourth-order valence-corrected chi connectivity index (χ4v) is 4.00. The van der Waals surface area contributed by atoms with Crippen LogP contribution in [0.4, 0.5) is 32.3 Å². The third-order valence-electron chi connectivity index (χ3n) is 5.24. The normalized spacial score (nSPS) is 17.3. The summed E-state index contributed by atoms with van der Waals surface area (Å²) in [5.74, 6) is 0.564. The standard InChI is InChI=1S/C19H22ClFN6O/c1-3-26-19(28)25(2)16-11-22-18(23-15-10-12(21)8-9-14(15)20)24-17(16)27(26)13-6-4-5-7-13/h8-11,13H,3-7H2,1-2H3,(H,22,23,24). The highest BCUT2D eigenvalue weighted by molar-refractivity contribution is 6.33. The Morgan fingerprint density at radius 2 is 2.07 bits per heavy atom. The minimum Gasteiger partial charge on any atom is -0.323 e. The predicted molar refractivity (Wildman–Crippen MR) is 108 cm³/mol. The molecule has 2 aliphatic rings. The average Bonchev–Trinajstić information content (AvgIpc) is 3.21. The van der Waals surface area contributed by atoms with E-state index in [1.807, 2.05) is 11.9 Å². The number of hydrazine groups is 1. The lowest BCUT2D eigenvalue weighted by molar-refractivity contribution is 0.191. The van der Waals surface area contributed by atoms with Crippen LogP contribution in [0.2, 0.25) is 5.02 Å². The molecule has 0 saturated heterocycles. The molecule has 0 bridgehead atoms. The summed E-state index contributed by atoms with van der Waals surface area (Å²) >= 11 is 6.15. The summed E-state index contributed by atoms with van der Waals surface area (Å²) in [4.78, 5) is 23.4. The summed E-state index contributed by atoms with van der Waals surface area (Å²) < 4.78 is 13.6. The molecule has 1 saturated carbocycles. The molecule has 148 valence electrons. The van der Waals surface area contributed by atoms with Gasteiger partial charge in [-0.05, 0) is 38.0 Å². The van der Waals surface area contributed by atoms with Crippen molar-refractivity contribution in [1.82, 2.24) is 15.0 Å². The number of hydrogen-bond donors (Lipinski definition) is 1. The van der Waals surface area contributed by atoms with Crippen molar-refractivity contribution < 1.29 is 9.18 Å². The predicted octanol–water partition coefficient (Wildman–Crippen LogP) is 4.57. The Morgan fingerprint density at radius 3 is 2.79 bits per heavy atom. The van der Waals surface area contributed by atoms with Crippen LogP contribution in [0, 0.1) is 5.82 Å².